The van der Waals surface area contributed by atoms with E-state index in [9.17, 15) is 18.0 Å². The Morgan fingerprint density at radius 2 is 2.00 bits per heavy atom. The van der Waals surface area contributed by atoms with Crippen molar-refractivity contribution in [2.45, 2.75) is 58.7 Å². The number of ketones is 1. The second-order valence-corrected chi connectivity index (χ2v) is 9.43. The van der Waals surface area contributed by atoms with Gasteiger partial charge in [0.2, 0.25) is 0 Å². The van der Waals surface area contributed by atoms with Gasteiger partial charge in [-0.3, -0.25) is 5.10 Å². The van der Waals surface area contributed by atoms with E-state index in [1.165, 1.54) is 6.33 Å². The van der Waals surface area contributed by atoms with Gasteiger partial charge in [-0.15, -0.1) is 0 Å². The van der Waals surface area contributed by atoms with Crippen LogP contribution < -0.4 is 4.90 Å². The standard InChI is InChI=1S/C21H26F3N7O/c1-12(32)7-13-5-6-30(9-13)17-16-18(28-19(27-17)20(2,3)4)31(11-25-16)10-15-14(8-26-29-15)21(22,23)24/h8,11,13H,5-7,9-10H2,1-4H3,(H,26,29)/t13-/m1/s1. The SMILES string of the molecule is CC(=O)C[C@H]1CCN(c2nc(C(C)(C)C)nc3c2ncn3Cc2[nH]ncc2C(F)(F)F)C1. The number of Topliss-reactive ketones (excluding diaryl/α,β-unsaturated/α-hetero) is 1. The average Bonchev–Trinajstić information content (AvgIpc) is 3.40. The zero-order chi connectivity index (χ0) is 23.3. The van der Waals surface area contributed by atoms with Crippen LogP contribution in [-0.2, 0) is 22.9 Å². The summed E-state index contributed by atoms with van der Waals surface area (Å²) < 4.78 is 41.5. The first-order chi connectivity index (χ1) is 14.9. The van der Waals surface area contributed by atoms with Gasteiger partial charge in [0.25, 0.3) is 0 Å². The van der Waals surface area contributed by atoms with Crippen LogP contribution in [0.2, 0.25) is 0 Å². The fourth-order valence-corrected chi connectivity index (χ4v) is 4.05. The van der Waals surface area contributed by atoms with Crippen LogP contribution in [0.25, 0.3) is 11.2 Å². The molecule has 0 aliphatic carbocycles. The first kappa shape index (κ1) is 22.2. The Morgan fingerprint density at radius 3 is 2.66 bits per heavy atom. The highest BCUT2D eigenvalue weighted by Gasteiger charge is 2.35. The molecule has 0 saturated carbocycles. The summed E-state index contributed by atoms with van der Waals surface area (Å²) in [7, 11) is 0. The number of halogens is 3. The molecule has 4 rings (SSSR count). The number of imidazole rings is 1. The van der Waals surface area contributed by atoms with Crippen LogP contribution in [0.1, 0.15) is 57.6 Å². The van der Waals surface area contributed by atoms with Crippen LogP contribution in [-0.4, -0.2) is 48.6 Å². The first-order valence-electron chi connectivity index (χ1n) is 10.5. The van der Waals surface area contributed by atoms with E-state index >= 15 is 0 Å². The predicted molar refractivity (Wildman–Crippen MR) is 112 cm³/mol. The lowest BCUT2D eigenvalue weighted by molar-refractivity contribution is -0.138. The van der Waals surface area contributed by atoms with Gasteiger partial charge < -0.3 is 14.3 Å². The summed E-state index contributed by atoms with van der Waals surface area (Å²) in [6.45, 7) is 8.86. The van der Waals surface area contributed by atoms with Gasteiger partial charge in [0.1, 0.15) is 11.6 Å². The number of anilines is 1. The van der Waals surface area contributed by atoms with Crippen molar-refractivity contribution < 1.29 is 18.0 Å². The maximum absolute atomic E-state index is 13.3. The average molecular weight is 449 g/mol. The van der Waals surface area contributed by atoms with E-state index in [0.717, 1.165) is 19.2 Å². The molecule has 0 unspecified atom stereocenters. The minimum atomic E-state index is -4.50. The Morgan fingerprint density at radius 1 is 1.25 bits per heavy atom. The van der Waals surface area contributed by atoms with Gasteiger partial charge in [-0.1, -0.05) is 20.8 Å². The Hall–Kier alpha value is -2.98. The van der Waals surface area contributed by atoms with E-state index in [-0.39, 0.29) is 29.4 Å². The third kappa shape index (κ3) is 4.33. The molecule has 1 N–H and O–H groups in total. The number of hydrogen-bond acceptors (Lipinski definition) is 6. The van der Waals surface area contributed by atoms with Gasteiger partial charge in [0, 0.05) is 24.9 Å². The van der Waals surface area contributed by atoms with Crippen LogP contribution in [0.4, 0.5) is 19.0 Å². The van der Waals surface area contributed by atoms with E-state index in [1.54, 1.807) is 11.5 Å². The summed E-state index contributed by atoms with van der Waals surface area (Å²) in [4.78, 5) is 27.6. The van der Waals surface area contributed by atoms with Crippen LogP contribution in [0.3, 0.4) is 0 Å². The van der Waals surface area contributed by atoms with E-state index in [4.69, 9.17) is 4.98 Å². The van der Waals surface area contributed by atoms with Crippen LogP contribution in [0.15, 0.2) is 12.5 Å². The molecule has 4 heterocycles. The summed E-state index contributed by atoms with van der Waals surface area (Å²) in [6.07, 6.45) is -0.837. The van der Waals surface area contributed by atoms with Crippen molar-refractivity contribution in [3.63, 3.8) is 0 Å². The number of H-pyrrole nitrogens is 1. The van der Waals surface area contributed by atoms with E-state index in [0.29, 0.717) is 35.8 Å². The number of alkyl halides is 3. The second-order valence-electron chi connectivity index (χ2n) is 9.43. The second kappa shape index (κ2) is 7.86. The molecule has 11 heteroatoms. The monoisotopic (exact) mass is 449 g/mol. The van der Waals surface area contributed by atoms with Crippen LogP contribution >= 0.6 is 0 Å². The molecular formula is C21H26F3N7O. The number of carbonyl (C=O) groups excluding carboxylic acids is 1. The quantitative estimate of drug-likeness (QED) is 0.638. The summed E-state index contributed by atoms with van der Waals surface area (Å²) >= 11 is 0. The lowest BCUT2D eigenvalue weighted by atomic mass is 9.96. The number of nitrogens with zero attached hydrogens (tertiary/aromatic N) is 6. The molecule has 1 aliphatic heterocycles. The van der Waals surface area contributed by atoms with E-state index in [1.807, 2.05) is 20.8 Å². The van der Waals surface area contributed by atoms with Gasteiger partial charge >= 0.3 is 6.18 Å². The highest BCUT2D eigenvalue weighted by atomic mass is 19.4. The molecule has 0 radical (unpaired) electrons. The van der Waals surface area contributed by atoms with Crippen molar-refractivity contribution in [3.05, 3.63) is 29.6 Å². The van der Waals surface area contributed by atoms with E-state index < -0.39 is 11.7 Å². The largest absolute Gasteiger partial charge is 0.419 e. The minimum absolute atomic E-state index is 0.0584. The Balaban J connectivity index is 1.76. The number of aromatic amines is 1. The maximum atomic E-state index is 13.3. The molecule has 0 aromatic carbocycles. The number of nitrogens with one attached hydrogen (secondary N) is 1. The van der Waals surface area contributed by atoms with Gasteiger partial charge in [-0.25, -0.2) is 15.0 Å². The van der Waals surface area contributed by atoms with Gasteiger partial charge in [0.15, 0.2) is 17.0 Å². The molecule has 0 bridgehead atoms. The molecule has 1 fully saturated rings. The molecule has 3 aromatic rings. The fourth-order valence-electron chi connectivity index (χ4n) is 4.05. The molecule has 8 nitrogen and oxygen atoms in total. The lowest BCUT2D eigenvalue weighted by Gasteiger charge is -2.22. The van der Waals surface area contributed by atoms with Crippen LogP contribution in [0.5, 0.6) is 0 Å². The number of carbonyl (C=O) groups is 1. The maximum Gasteiger partial charge on any atom is 0.419 e. The van der Waals surface area contributed by atoms with Crippen molar-refractivity contribution in [1.29, 1.82) is 0 Å². The third-order valence-electron chi connectivity index (χ3n) is 5.63. The summed E-state index contributed by atoms with van der Waals surface area (Å²) in [5.41, 5.74) is -0.234. The minimum Gasteiger partial charge on any atom is -0.354 e. The summed E-state index contributed by atoms with van der Waals surface area (Å²) in [5, 5.41) is 6.02. The number of hydrogen-bond donors (Lipinski definition) is 1. The molecular weight excluding hydrogens is 423 g/mol. The van der Waals surface area contributed by atoms with Crippen molar-refractivity contribution in [2.24, 2.45) is 5.92 Å². The summed E-state index contributed by atoms with van der Waals surface area (Å²) in [6, 6.07) is 0. The van der Waals surface area contributed by atoms with Crippen molar-refractivity contribution in [1.82, 2.24) is 29.7 Å². The molecule has 0 spiro atoms. The van der Waals surface area contributed by atoms with Crippen molar-refractivity contribution >= 4 is 22.8 Å². The lowest BCUT2D eigenvalue weighted by Crippen LogP contribution is -2.25. The number of fused-ring (bicyclic) bond motifs is 1. The smallest absolute Gasteiger partial charge is 0.354 e. The normalized spacial score (nSPS) is 17.5. The molecule has 1 saturated heterocycles. The zero-order valence-corrected chi connectivity index (χ0v) is 18.5. The third-order valence-corrected chi connectivity index (χ3v) is 5.63. The highest BCUT2D eigenvalue weighted by molar-refractivity contribution is 5.84. The molecule has 1 atom stereocenters. The van der Waals surface area contributed by atoms with Gasteiger partial charge in [-0.2, -0.15) is 18.3 Å². The summed E-state index contributed by atoms with van der Waals surface area (Å²) in [5.74, 6) is 1.64. The Kier molecular flexibility index (Phi) is 5.46. The topological polar surface area (TPSA) is 92.6 Å². The van der Waals surface area contributed by atoms with E-state index in [2.05, 4.69) is 25.1 Å². The molecule has 32 heavy (non-hydrogen) atoms. The first-order valence-corrected chi connectivity index (χ1v) is 10.5. The number of rotatable bonds is 5. The fraction of sp³-hybridized carbons (Fsp3) is 0.571. The van der Waals surface area contributed by atoms with Gasteiger partial charge in [-0.05, 0) is 19.3 Å². The number of aromatic nitrogens is 6. The highest BCUT2D eigenvalue weighted by Crippen LogP contribution is 2.34. The Labute approximate surface area is 183 Å². The molecule has 0 amide bonds. The van der Waals surface area contributed by atoms with Crippen LogP contribution in [0, 0.1) is 5.92 Å². The van der Waals surface area contributed by atoms with Gasteiger partial charge in [0.05, 0.1) is 30.3 Å². The zero-order valence-electron chi connectivity index (χ0n) is 18.5. The Bertz CT molecular complexity index is 1140. The predicted octanol–water partition coefficient (Wildman–Crippen LogP) is 3.72. The van der Waals surface area contributed by atoms with Crippen molar-refractivity contribution in [2.75, 3.05) is 18.0 Å². The molecule has 1 aliphatic rings. The molecule has 3 aromatic heterocycles. The van der Waals surface area contributed by atoms with Crippen molar-refractivity contribution in [3.8, 4) is 0 Å². The molecule has 172 valence electrons.